The van der Waals surface area contributed by atoms with Gasteiger partial charge in [0.2, 0.25) is 0 Å². The van der Waals surface area contributed by atoms with E-state index in [0.29, 0.717) is 6.61 Å². The van der Waals surface area contributed by atoms with Gasteiger partial charge in [0.05, 0.1) is 6.61 Å². The fourth-order valence-corrected chi connectivity index (χ4v) is 1.72. The molecule has 1 atom stereocenters. The van der Waals surface area contributed by atoms with E-state index in [1.807, 2.05) is 38.1 Å². The molecule has 0 aromatic heterocycles. The Bertz CT molecular complexity index is 315. The number of ether oxygens (including phenoxy) is 2. The second kappa shape index (κ2) is 8.09. The van der Waals surface area contributed by atoms with Crippen LogP contribution in [0, 0.1) is 0 Å². The summed E-state index contributed by atoms with van der Waals surface area (Å²) < 4.78 is 10.8. The lowest BCUT2D eigenvalue weighted by Gasteiger charge is -2.13. The van der Waals surface area contributed by atoms with E-state index in [2.05, 4.69) is 0 Å². The molecule has 0 radical (unpaired) electrons. The predicted molar refractivity (Wildman–Crippen MR) is 70.3 cm³/mol. The fourth-order valence-electron chi connectivity index (χ4n) is 1.72. The first-order chi connectivity index (χ1) is 8.27. The summed E-state index contributed by atoms with van der Waals surface area (Å²) in [6.45, 7) is 6.23. The molecule has 0 saturated heterocycles. The lowest BCUT2D eigenvalue weighted by Crippen LogP contribution is -2.11. The second-order valence-corrected chi connectivity index (χ2v) is 3.95. The van der Waals surface area contributed by atoms with Crippen molar-refractivity contribution in [3.63, 3.8) is 0 Å². The van der Waals surface area contributed by atoms with Crippen molar-refractivity contribution in [2.45, 2.75) is 32.7 Å². The average Bonchev–Trinajstić information content (AvgIpc) is 2.35. The van der Waals surface area contributed by atoms with E-state index in [-0.39, 0.29) is 6.04 Å². The molecule has 1 aromatic carbocycles. The third-order valence-corrected chi connectivity index (χ3v) is 2.61. The topological polar surface area (TPSA) is 44.5 Å². The van der Waals surface area contributed by atoms with E-state index in [9.17, 15) is 0 Å². The van der Waals surface area contributed by atoms with Crippen molar-refractivity contribution in [1.82, 2.24) is 0 Å². The van der Waals surface area contributed by atoms with Crippen molar-refractivity contribution in [3.8, 4) is 5.75 Å². The van der Waals surface area contributed by atoms with Gasteiger partial charge in [-0.3, -0.25) is 0 Å². The quantitative estimate of drug-likeness (QED) is 0.707. The van der Waals surface area contributed by atoms with Gasteiger partial charge in [-0.1, -0.05) is 12.1 Å². The molecule has 0 bridgehead atoms. The van der Waals surface area contributed by atoms with E-state index in [1.165, 1.54) is 0 Å². The van der Waals surface area contributed by atoms with Crippen LogP contribution in [0.3, 0.4) is 0 Å². The molecule has 0 amide bonds. The van der Waals surface area contributed by atoms with Gasteiger partial charge in [-0.25, -0.2) is 0 Å². The molecule has 3 heteroatoms. The highest BCUT2D eigenvalue weighted by atomic mass is 16.5. The lowest BCUT2D eigenvalue weighted by molar-refractivity contribution is 0.142. The molecular formula is C14H23NO2. The molecule has 1 rings (SSSR count). The Balaban J connectivity index is 2.44. The lowest BCUT2D eigenvalue weighted by atomic mass is 10.0. The third kappa shape index (κ3) is 5.20. The summed E-state index contributed by atoms with van der Waals surface area (Å²) in [5.74, 6) is 0.894. The maximum atomic E-state index is 6.13. The third-order valence-electron chi connectivity index (χ3n) is 2.61. The Labute approximate surface area is 104 Å². The molecule has 0 aliphatic rings. The van der Waals surface area contributed by atoms with Crippen molar-refractivity contribution >= 4 is 0 Å². The largest absolute Gasteiger partial charge is 0.494 e. The predicted octanol–water partition coefficient (Wildman–Crippen LogP) is 2.90. The summed E-state index contributed by atoms with van der Waals surface area (Å²) in [5.41, 5.74) is 7.26. The first-order valence-electron chi connectivity index (χ1n) is 6.34. The van der Waals surface area contributed by atoms with Gasteiger partial charge in [0.15, 0.2) is 0 Å². The summed E-state index contributed by atoms with van der Waals surface area (Å²) in [5, 5.41) is 0. The highest BCUT2D eigenvalue weighted by molar-refractivity contribution is 5.30. The molecule has 2 N–H and O–H groups in total. The molecule has 17 heavy (non-hydrogen) atoms. The molecule has 0 aliphatic carbocycles. The maximum absolute atomic E-state index is 6.13. The number of hydrogen-bond donors (Lipinski definition) is 1. The van der Waals surface area contributed by atoms with Gasteiger partial charge in [0, 0.05) is 19.3 Å². The van der Waals surface area contributed by atoms with Crippen LogP contribution in [0.5, 0.6) is 5.75 Å². The minimum Gasteiger partial charge on any atom is -0.494 e. The second-order valence-electron chi connectivity index (χ2n) is 3.95. The van der Waals surface area contributed by atoms with Crippen molar-refractivity contribution < 1.29 is 9.47 Å². The summed E-state index contributed by atoms with van der Waals surface area (Å²) in [6.07, 6.45) is 1.93. The van der Waals surface area contributed by atoms with Gasteiger partial charge in [0.25, 0.3) is 0 Å². The van der Waals surface area contributed by atoms with Gasteiger partial charge in [0.1, 0.15) is 5.75 Å². The SMILES string of the molecule is CCOCCCC(N)c1cccc(OCC)c1. The van der Waals surface area contributed by atoms with Gasteiger partial charge in [-0.15, -0.1) is 0 Å². The van der Waals surface area contributed by atoms with E-state index < -0.39 is 0 Å². The fraction of sp³-hybridized carbons (Fsp3) is 0.571. The number of rotatable bonds is 8. The minimum atomic E-state index is 0.0656. The summed E-state index contributed by atoms with van der Waals surface area (Å²) in [7, 11) is 0. The Morgan fingerprint density at radius 3 is 2.76 bits per heavy atom. The zero-order chi connectivity index (χ0) is 12.5. The number of nitrogens with two attached hydrogens (primary N) is 1. The minimum absolute atomic E-state index is 0.0656. The molecule has 0 heterocycles. The standard InChI is InChI=1S/C14H23NO2/c1-3-16-10-6-9-14(15)12-7-5-8-13(11-12)17-4-2/h5,7-8,11,14H,3-4,6,9-10,15H2,1-2H3. The summed E-state index contributed by atoms with van der Waals surface area (Å²) in [4.78, 5) is 0. The normalized spacial score (nSPS) is 12.4. The highest BCUT2D eigenvalue weighted by Crippen LogP contribution is 2.20. The molecule has 3 nitrogen and oxygen atoms in total. The molecule has 1 unspecified atom stereocenters. The van der Waals surface area contributed by atoms with Crippen LogP contribution in [0.1, 0.15) is 38.3 Å². The van der Waals surface area contributed by atoms with Crippen molar-refractivity contribution in [2.75, 3.05) is 19.8 Å². The van der Waals surface area contributed by atoms with Crippen LogP contribution < -0.4 is 10.5 Å². The van der Waals surface area contributed by atoms with Crippen LogP contribution in [0.2, 0.25) is 0 Å². The Morgan fingerprint density at radius 1 is 1.24 bits per heavy atom. The monoisotopic (exact) mass is 237 g/mol. The first kappa shape index (κ1) is 14.0. The Morgan fingerprint density at radius 2 is 2.06 bits per heavy atom. The number of hydrogen-bond acceptors (Lipinski definition) is 3. The van der Waals surface area contributed by atoms with Crippen LogP contribution in [0.25, 0.3) is 0 Å². The summed E-state index contributed by atoms with van der Waals surface area (Å²) >= 11 is 0. The van der Waals surface area contributed by atoms with E-state index in [1.54, 1.807) is 0 Å². The first-order valence-corrected chi connectivity index (χ1v) is 6.34. The molecule has 0 aliphatic heterocycles. The van der Waals surface area contributed by atoms with E-state index in [0.717, 1.165) is 37.4 Å². The van der Waals surface area contributed by atoms with Gasteiger partial charge in [-0.05, 0) is 44.4 Å². The van der Waals surface area contributed by atoms with Crippen molar-refractivity contribution in [3.05, 3.63) is 29.8 Å². The molecule has 1 aromatic rings. The zero-order valence-electron chi connectivity index (χ0n) is 10.8. The molecule has 0 saturated carbocycles. The van der Waals surface area contributed by atoms with Crippen LogP contribution in [-0.2, 0) is 4.74 Å². The van der Waals surface area contributed by atoms with Crippen LogP contribution in [-0.4, -0.2) is 19.8 Å². The van der Waals surface area contributed by atoms with Crippen LogP contribution in [0.15, 0.2) is 24.3 Å². The van der Waals surface area contributed by atoms with Gasteiger partial charge < -0.3 is 15.2 Å². The van der Waals surface area contributed by atoms with Gasteiger partial charge >= 0.3 is 0 Å². The average molecular weight is 237 g/mol. The zero-order valence-corrected chi connectivity index (χ0v) is 10.8. The number of benzene rings is 1. The molecule has 96 valence electrons. The van der Waals surface area contributed by atoms with Crippen molar-refractivity contribution in [2.24, 2.45) is 5.73 Å². The highest BCUT2D eigenvalue weighted by Gasteiger charge is 2.06. The Kier molecular flexibility index (Phi) is 6.67. The van der Waals surface area contributed by atoms with E-state index >= 15 is 0 Å². The Hall–Kier alpha value is -1.06. The van der Waals surface area contributed by atoms with Crippen molar-refractivity contribution in [1.29, 1.82) is 0 Å². The van der Waals surface area contributed by atoms with Gasteiger partial charge in [-0.2, -0.15) is 0 Å². The van der Waals surface area contributed by atoms with Crippen LogP contribution >= 0.6 is 0 Å². The molecule has 0 fully saturated rings. The molecule has 0 spiro atoms. The molecular weight excluding hydrogens is 214 g/mol. The van der Waals surface area contributed by atoms with Crippen LogP contribution in [0.4, 0.5) is 0 Å². The van der Waals surface area contributed by atoms with E-state index in [4.69, 9.17) is 15.2 Å². The summed E-state index contributed by atoms with van der Waals surface area (Å²) in [6, 6.07) is 8.08. The smallest absolute Gasteiger partial charge is 0.119 e. The maximum Gasteiger partial charge on any atom is 0.119 e.